The van der Waals surface area contributed by atoms with Crippen LogP contribution in [0.4, 0.5) is 0 Å². The Labute approximate surface area is 334 Å². The van der Waals surface area contributed by atoms with Crippen LogP contribution < -0.4 is 0 Å². The predicted molar refractivity (Wildman–Crippen MR) is 242 cm³/mol. The van der Waals surface area contributed by atoms with E-state index in [-0.39, 0.29) is 0 Å². The number of imidazole rings is 1. The molecule has 0 fully saturated rings. The van der Waals surface area contributed by atoms with Gasteiger partial charge in [-0.2, -0.15) is 0 Å². The van der Waals surface area contributed by atoms with Crippen LogP contribution in [0, 0.1) is 0 Å². The first-order chi connectivity index (χ1) is 28.7. The van der Waals surface area contributed by atoms with Crippen molar-refractivity contribution in [1.29, 1.82) is 0 Å². The Balaban J connectivity index is 1.16. The standard InChI is InChI=1S/C54H34N4/c1-3-15-35(16-4-1)37-19-13-21-39(29-37)41-31-48(40-22-14-20-38(30-40)36-17-5-2-6-18-36)55-53(32-41)57-49-26-10-8-24-43(49)45-33-46-44(34-52(45)57)42-23-7-11-27-50(42)58-51-28-12-9-25-47(51)56-54(46)58/h1-34H. The highest BCUT2D eigenvalue weighted by Crippen LogP contribution is 2.41. The van der Waals surface area contributed by atoms with Crippen molar-refractivity contribution in [1.82, 2.24) is 18.9 Å². The van der Waals surface area contributed by atoms with Crippen molar-refractivity contribution in [3.63, 3.8) is 0 Å². The Bertz CT molecular complexity index is 3460. The maximum absolute atomic E-state index is 5.55. The molecular weight excluding hydrogens is 705 g/mol. The Hall–Kier alpha value is -7.82. The van der Waals surface area contributed by atoms with Crippen LogP contribution in [0.1, 0.15) is 0 Å². The van der Waals surface area contributed by atoms with Crippen LogP contribution in [0.25, 0.3) is 111 Å². The monoisotopic (exact) mass is 738 g/mol. The zero-order valence-corrected chi connectivity index (χ0v) is 31.4. The molecule has 0 amide bonds. The SMILES string of the molecule is c1ccc(-c2cccc(-c3cc(-c4cccc(-c5ccccc5)c4)nc(-n4c5ccccc5c5cc6c(cc54)c4ccccc4n4c5ccccc5nc64)c3)c2)cc1. The third-order valence-electron chi connectivity index (χ3n) is 11.7. The second-order valence-electron chi connectivity index (χ2n) is 15.0. The number of pyridine rings is 2. The van der Waals surface area contributed by atoms with Crippen molar-refractivity contribution >= 4 is 60.2 Å². The van der Waals surface area contributed by atoms with Gasteiger partial charge in [0, 0.05) is 27.1 Å². The van der Waals surface area contributed by atoms with Crippen LogP contribution >= 0.6 is 0 Å². The number of aromatic nitrogens is 4. The summed E-state index contributed by atoms with van der Waals surface area (Å²) in [6.45, 7) is 0. The smallest absolute Gasteiger partial charge is 0.146 e. The molecule has 0 aliphatic rings. The molecule has 0 bridgehead atoms. The van der Waals surface area contributed by atoms with E-state index in [2.05, 4.69) is 215 Å². The Kier molecular flexibility index (Phi) is 7.20. The topological polar surface area (TPSA) is 35.1 Å². The fraction of sp³-hybridized carbons (Fsp3) is 0. The first-order valence-corrected chi connectivity index (χ1v) is 19.7. The molecule has 0 aliphatic carbocycles. The molecule has 4 heteroatoms. The van der Waals surface area contributed by atoms with E-state index in [1.165, 1.54) is 32.8 Å². The Morgan fingerprint density at radius 2 is 0.845 bits per heavy atom. The van der Waals surface area contributed by atoms with Crippen molar-refractivity contribution in [2.24, 2.45) is 0 Å². The molecule has 8 aromatic carbocycles. The maximum Gasteiger partial charge on any atom is 0.146 e. The van der Waals surface area contributed by atoms with Gasteiger partial charge in [-0.1, -0.05) is 146 Å². The molecule has 4 nitrogen and oxygen atoms in total. The van der Waals surface area contributed by atoms with Crippen LogP contribution in [-0.4, -0.2) is 18.9 Å². The third-order valence-corrected chi connectivity index (χ3v) is 11.7. The fourth-order valence-electron chi connectivity index (χ4n) is 8.96. The van der Waals surface area contributed by atoms with Gasteiger partial charge in [0.15, 0.2) is 0 Å². The fourth-order valence-corrected chi connectivity index (χ4v) is 8.96. The number of hydrogen-bond donors (Lipinski definition) is 0. The van der Waals surface area contributed by atoms with Crippen LogP contribution in [0.3, 0.4) is 0 Å². The van der Waals surface area contributed by atoms with E-state index in [0.29, 0.717) is 0 Å². The number of hydrogen-bond acceptors (Lipinski definition) is 2. The molecule has 4 aromatic heterocycles. The van der Waals surface area contributed by atoms with Crippen molar-refractivity contribution < 1.29 is 0 Å². The van der Waals surface area contributed by atoms with E-state index < -0.39 is 0 Å². The zero-order valence-electron chi connectivity index (χ0n) is 31.4. The molecule has 0 radical (unpaired) electrons. The molecule has 0 N–H and O–H groups in total. The van der Waals surface area contributed by atoms with E-state index in [1.807, 2.05) is 0 Å². The lowest BCUT2D eigenvalue weighted by Crippen LogP contribution is -2.00. The summed E-state index contributed by atoms with van der Waals surface area (Å²) in [5, 5.41) is 5.82. The molecule has 0 saturated carbocycles. The van der Waals surface area contributed by atoms with E-state index in [0.717, 1.165) is 77.8 Å². The van der Waals surface area contributed by atoms with E-state index in [4.69, 9.17) is 9.97 Å². The Morgan fingerprint density at radius 3 is 1.57 bits per heavy atom. The molecule has 0 atom stereocenters. The van der Waals surface area contributed by atoms with Gasteiger partial charge in [-0.3, -0.25) is 8.97 Å². The lowest BCUT2D eigenvalue weighted by molar-refractivity contribution is 1.09. The summed E-state index contributed by atoms with van der Waals surface area (Å²) in [7, 11) is 0. The van der Waals surface area contributed by atoms with E-state index in [1.54, 1.807) is 0 Å². The van der Waals surface area contributed by atoms with Gasteiger partial charge in [0.05, 0.1) is 33.3 Å². The third kappa shape index (κ3) is 5.09. The molecule has 12 rings (SSSR count). The zero-order chi connectivity index (χ0) is 38.2. The summed E-state index contributed by atoms with van der Waals surface area (Å²) in [6.07, 6.45) is 0. The average Bonchev–Trinajstić information content (AvgIpc) is 3.85. The van der Waals surface area contributed by atoms with Gasteiger partial charge in [0.2, 0.25) is 0 Å². The van der Waals surface area contributed by atoms with Gasteiger partial charge >= 0.3 is 0 Å². The van der Waals surface area contributed by atoms with Crippen molar-refractivity contribution in [2.45, 2.75) is 0 Å². The van der Waals surface area contributed by atoms with Crippen LogP contribution in [0.5, 0.6) is 0 Å². The molecular formula is C54H34N4. The second-order valence-corrected chi connectivity index (χ2v) is 15.0. The van der Waals surface area contributed by atoms with Crippen molar-refractivity contribution in [3.05, 3.63) is 206 Å². The molecule has 0 saturated heterocycles. The quantitative estimate of drug-likeness (QED) is 0.165. The van der Waals surface area contributed by atoms with Crippen LogP contribution in [-0.2, 0) is 0 Å². The second kappa shape index (κ2) is 12.9. The number of para-hydroxylation sites is 4. The summed E-state index contributed by atoms with van der Waals surface area (Å²) < 4.78 is 4.68. The Morgan fingerprint density at radius 1 is 0.293 bits per heavy atom. The van der Waals surface area contributed by atoms with Gasteiger partial charge in [0.1, 0.15) is 11.5 Å². The molecule has 0 unspecified atom stereocenters. The molecule has 12 aromatic rings. The molecule has 0 spiro atoms. The van der Waals surface area contributed by atoms with Gasteiger partial charge in [-0.25, -0.2) is 9.97 Å². The van der Waals surface area contributed by atoms with Crippen LogP contribution in [0.15, 0.2) is 206 Å². The summed E-state index contributed by atoms with van der Waals surface area (Å²) in [5.41, 5.74) is 15.3. The highest BCUT2D eigenvalue weighted by molar-refractivity contribution is 6.21. The minimum atomic E-state index is 0.866. The number of benzene rings is 8. The first-order valence-electron chi connectivity index (χ1n) is 19.7. The summed E-state index contributed by atoms with van der Waals surface area (Å²) in [6, 6.07) is 73.8. The molecule has 0 aliphatic heterocycles. The minimum Gasteiger partial charge on any atom is -0.294 e. The average molecular weight is 739 g/mol. The number of fused-ring (bicyclic) bond motifs is 11. The van der Waals surface area contributed by atoms with Crippen LogP contribution in [0.2, 0.25) is 0 Å². The summed E-state index contributed by atoms with van der Waals surface area (Å²) in [4.78, 5) is 10.8. The molecule has 4 heterocycles. The highest BCUT2D eigenvalue weighted by Gasteiger charge is 2.20. The number of rotatable bonds is 5. The van der Waals surface area contributed by atoms with E-state index in [9.17, 15) is 0 Å². The van der Waals surface area contributed by atoms with Gasteiger partial charge in [0.25, 0.3) is 0 Å². The number of nitrogens with zero attached hydrogens (tertiary/aromatic N) is 4. The minimum absolute atomic E-state index is 0.866. The lowest BCUT2D eigenvalue weighted by Gasteiger charge is -2.15. The lowest BCUT2D eigenvalue weighted by atomic mass is 9.97. The van der Waals surface area contributed by atoms with Crippen molar-refractivity contribution in [2.75, 3.05) is 0 Å². The highest BCUT2D eigenvalue weighted by atomic mass is 15.1. The first kappa shape index (κ1) is 32.4. The predicted octanol–water partition coefficient (Wildman–Crippen LogP) is 14.0. The van der Waals surface area contributed by atoms with Gasteiger partial charge in [-0.05, 0) is 99.4 Å². The van der Waals surface area contributed by atoms with Gasteiger partial charge in [-0.15, -0.1) is 0 Å². The van der Waals surface area contributed by atoms with E-state index >= 15 is 0 Å². The molecule has 270 valence electrons. The molecule has 58 heavy (non-hydrogen) atoms. The summed E-state index contributed by atoms with van der Waals surface area (Å²) in [5.74, 6) is 0.866. The largest absolute Gasteiger partial charge is 0.294 e. The summed E-state index contributed by atoms with van der Waals surface area (Å²) >= 11 is 0. The van der Waals surface area contributed by atoms with Crippen molar-refractivity contribution in [3.8, 4) is 50.5 Å². The maximum atomic E-state index is 5.55. The normalized spacial score (nSPS) is 11.8. The van der Waals surface area contributed by atoms with Gasteiger partial charge < -0.3 is 0 Å².